The summed E-state index contributed by atoms with van der Waals surface area (Å²) in [5.74, 6) is -0.896. The minimum absolute atomic E-state index is 0.0639. The van der Waals surface area contributed by atoms with Crippen molar-refractivity contribution in [3.8, 4) is 0 Å². The van der Waals surface area contributed by atoms with Crippen LogP contribution in [0.15, 0.2) is 35.9 Å². The Balaban J connectivity index is 2.07. The molecule has 1 aromatic carbocycles. The number of aromatic nitrogens is 1. The molecule has 1 aliphatic rings. The Kier molecular flexibility index (Phi) is 4.30. The third-order valence-corrected chi connectivity index (χ3v) is 4.55. The molecule has 0 unspecified atom stereocenters. The summed E-state index contributed by atoms with van der Waals surface area (Å²) in [7, 11) is 1.89. The Hall–Kier alpha value is -2.73. The molecule has 2 heterocycles. The van der Waals surface area contributed by atoms with Crippen molar-refractivity contribution < 1.29 is 9.59 Å². The molecule has 128 valence electrons. The van der Waals surface area contributed by atoms with E-state index in [-0.39, 0.29) is 10.7 Å². The van der Waals surface area contributed by atoms with E-state index in [4.69, 9.17) is 12.2 Å². The van der Waals surface area contributed by atoms with E-state index < -0.39 is 11.8 Å². The second-order valence-electron chi connectivity index (χ2n) is 6.26. The van der Waals surface area contributed by atoms with Gasteiger partial charge in [0.25, 0.3) is 11.8 Å². The third kappa shape index (κ3) is 3.13. The summed E-state index contributed by atoms with van der Waals surface area (Å²) in [4.78, 5) is 26.7. The Morgan fingerprint density at radius 3 is 2.24 bits per heavy atom. The number of rotatable bonds is 2. The Morgan fingerprint density at radius 2 is 1.68 bits per heavy atom. The van der Waals surface area contributed by atoms with E-state index in [0.29, 0.717) is 5.69 Å². The highest BCUT2D eigenvalue weighted by atomic mass is 32.1. The van der Waals surface area contributed by atoms with E-state index in [0.717, 1.165) is 22.5 Å². The number of nitrogens with one attached hydrogen (secondary N) is 1. The van der Waals surface area contributed by atoms with Gasteiger partial charge in [0.05, 0.1) is 5.69 Å². The van der Waals surface area contributed by atoms with Gasteiger partial charge in [0.15, 0.2) is 5.11 Å². The fraction of sp³-hybridized carbons (Fsp3) is 0.211. The molecular weight excluding hydrogens is 334 g/mol. The van der Waals surface area contributed by atoms with Crippen LogP contribution in [0.25, 0.3) is 6.08 Å². The van der Waals surface area contributed by atoms with Gasteiger partial charge in [-0.1, -0.05) is 6.07 Å². The molecule has 2 amide bonds. The fourth-order valence-corrected chi connectivity index (χ4v) is 3.18. The molecule has 0 atom stereocenters. The van der Waals surface area contributed by atoms with Gasteiger partial charge >= 0.3 is 0 Å². The summed E-state index contributed by atoms with van der Waals surface area (Å²) >= 11 is 5.24. The van der Waals surface area contributed by atoms with Crippen molar-refractivity contribution in [2.45, 2.75) is 20.8 Å². The standard InChI is InChI=1S/C19H19N3O2S/c1-11-7-12(2)9-15(8-11)22-18(24)16(17(23)20-19(22)25)10-14-6-5-13(3)21(14)4/h5-10H,1-4H3,(H,20,23,25)/b16-10+. The number of thiocarbonyl (C=S) groups is 1. The number of aryl methyl sites for hydroxylation is 3. The van der Waals surface area contributed by atoms with Crippen LogP contribution in [0.3, 0.4) is 0 Å². The van der Waals surface area contributed by atoms with Crippen LogP contribution in [0.5, 0.6) is 0 Å². The number of anilines is 1. The summed E-state index contributed by atoms with van der Waals surface area (Å²) in [6.07, 6.45) is 1.60. The van der Waals surface area contributed by atoms with Crippen LogP contribution in [-0.4, -0.2) is 21.5 Å². The van der Waals surface area contributed by atoms with Crippen molar-refractivity contribution in [3.05, 3.63) is 58.4 Å². The van der Waals surface area contributed by atoms with Gasteiger partial charge in [0.1, 0.15) is 5.57 Å². The summed E-state index contributed by atoms with van der Waals surface area (Å²) < 4.78 is 1.92. The number of carbonyl (C=O) groups is 2. The maximum atomic E-state index is 13.0. The molecule has 0 saturated carbocycles. The average molecular weight is 353 g/mol. The molecule has 3 rings (SSSR count). The molecule has 0 spiro atoms. The van der Waals surface area contributed by atoms with Crippen LogP contribution in [0.2, 0.25) is 0 Å². The number of hydrogen-bond donors (Lipinski definition) is 1. The van der Waals surface area contributed by atoms with Crippen molar-refractivity contribution in [1.29, 1.82) is 0 Å². The van der Waals surface area contributed by atoms with Crippen LogP contribution in [0, 0.1) is 20.8 Å². The van der Waals surface area contributed by atoms with E-state index in [1.165, 1.54) is 4.90 Å². The average Bonchev–Trinajstić information content (AvgIpc) is 2.82. The van der Waals surface area contributed by atoms with Crippen LogP contribution < -0.4 is 10.2 Å². The molecule has 0 radical (unpaired) electrons. The van der Waals surface area contributed by atoms with E-state index in [1.807, 2.05) is 62.7 Å². The largest absolute Gasteiger partial charge is 0.348 e. The molecule has 0 aliphatic carbocycles. The van der Waals surface area contributed by atoms with Gasteiger partial charge < -0.3 is 4.57 Å². The predicted molar refractivity (Wildman–Crippen MR) is 102 cm³/mol. The highest BCUT2D eigenvalue weighted by molar-refractivity contribution is 7.80. The Labute approximate surface area is 151 Å². The summed E-state index contributed by atoms with van der Waals surface area (Å²) in [6.45, 7) is 5.87. The first kappa shape index (κ1) is 17.1. The summed E-state index contributed by atoms with van der Waals surface area (Å²) in [5, 5.41) is 2.71. The van der Waals surface area contributed by atoms with Gasteiger partial charge in [0, 0.05) is 18.4 Å². The molecule has 1 aliphatic heterocycles. The lowest BCUT2D eigenvalue weighted by atomic mass is 10.1. The van der Waals surface area contributed by atoms with E-state index in [2.05, 4.69) is 5.32 Å². The van der Waals surface area contributed by atoms with Crippen LogP contribution >= 0.6 is 12.2 Å². The minimum Gasteiger partial charge on any atom is -0.348 e. The second-order valence-corrected chi connectivity index (χ2v) is 6.65. The van der Waals surface area contributed by atoms with E-state index >= 15 is 0 Å². The lowest BCUT2D eigenvalue weighted by molar-refractivity contribution is -0.122. The minimum atomic E-state index is -0.477. The zero-order chi connectivity index (χ0) is 18.3. The van der Waals surface area contributed by atoms with Gasteiger partial charge in [-0.15, -0.1) is 0 Å². The maximum Gasteiger partial charge on any atom is 0.270 e. The predicted octanol–water partition coefficient (Wildman–Crippen LogP) is 2.78. The van der Waals surface area contributed by atoms with Crippen molar-refractivity contribution in [1.82, 2.24) is 9.88 Å². The summed E-state index contributed by atoms with van der Waals surface area (Å²) in [5.41, 5.74) is 4.58. The quantitative estimate of drug-likeness (QED) is 0.513. The van der Waals surface area contributed by atoms with Gasteiger partial charge in [0.2, 0.25) is 0 Å². The SMILES string of the molecule is Cc1cc(C)cc(N2C(=O)/C(=C/c3ccc(C)n3C)C(=O)NC2=S)c1. The normalized spacial score (nSPS) is 16.6. The Morgan fingerprint density at radius 1 is 1.04 bits per heavy atom. The number of carbonyl (C=O) groups excluding carboxylic acids is 2. The highest BCUT2D eigenvalue weighted by Gasteiger charge is 2.34. The zero-order valence-corrected chi connectivity index (χ0v) is 15.4. The van der Waals surface area contributed by atoms with Crippen molar-refractivity contribution in [3.63, 3.8) is 0 Å². The molecule has 5 nitrogen and oxygen atoms in total. The van der Waals surface area contributed by atoms with Gasteiger partial charge in [-0.3, -0.25) is 19.8 Å². The highest BCUT2D eigenvalue weighted by Crippen LogP contribution is 2.24. The molecule has 1 N–H and O–H groups in total. The molecule has 1 fully saturated rings. The number of benzene rings is 1. The fourth-order valence-electron chi connectivity index (χ4n) is 2.90. The lowest BCUT2D eigenvalue weighted by Gasteiger charge is -2.29. The van der Waals surface area contributed by atoms with Gasteiger partial charge in [-0.05, 0) is 74.5 Å². The van der Waals surface area contributed by atoms with E-state index in [9.17, 15) is 9.59 Å². The Bertz CT molecular complexity index is 920. The van der Waals surface area contributed by atoms with Crippen molar-refractivity contribution in [2.75, 3.05) is 4.90 Å². The third-order valence-electron chi connectivity index (χ3n) is 4.27. The monoisotopic (exact) mass is 353 g/mol. The van der Waals surface area contributed by atoms with Crippen LogP contribution in [0.1, 0.15) is 22.5 Å². The van der Waals surface area contributed by atoms with E-state index in [1.54, 1.807) is 6.08 Å². The van der Waals surface area contributed by atoms with Crippen molar-refractivity contribution in [2.24, 2.45) is 7.05 Å². The maximum absolute atomic E-state index is 13.0. The first-order valence-electron chi connectivity index (χ1n) is 7.90. The van der Waals surface area contributed by atoms with Crippen LogP contribution in [-0.2, 0) is 16.6 Å². The second kappa shape index (κ2) is 6.29. The molecule has 0 bridgehead atoms. The topological polar surface area (TPSA) is 54.3 Å². The summed E-state index contributed by atoms with van der Waals surface area (Å²) in [6, 6.07) is 9.57. The number of nitrogens with zero attached hydrogens (tertiary/aromatic N) is 2. The van der Waals surface area contributed by atoms with Gasteiger partial charge in [-0.25, -0.2) is 0 Å². The number of amides is 2. The molecule has 6 heteroatoms. The zero-order valence-electron chi connectivity index (χ0n) is 14.6. The number of hydrogen-bond acceptors (Lipinski definition) is 3. The molecule has 25 heavy (non-hydrogen) atoms. The first-order chi connectivity index (χ1) is 11.8. The van der Waals surface area contributed by atoms with Gasteiger partial charge in [-0.2, -0.15) is 0 Å². The smallest absolute Gasteiger partial charge is 0.270 e. The molecule has 1 aromatic heterocycles. The first-order valence-corrected chi connectivity index (χ1v) is 8.31. The molecule has 1 saturated heterocycles. The molecular formula is C19H19N3O2S. The van der Waals surface area contributed by atoms with Crippen molar-refractivity contribution >= 4 is 40.9 Å². The molecule has 2 aromatic rings. The lowest BCUT2D eigenvalue weighted by Crippen LogP contribution is -2.54. The van der Waals surface area contributed by atoms with Crippen LogP contribution in [0.4, 0.5) is 5.69 Å².